The Labute approximate surface area is 153 Å². The molecule has 0 radical (unpaired) electrons. The number of hydrogen-bond donors (Lipinski definition) is 3. The maximum absolute atomic E-state index is 13.8. The van der Waals surface area contributed by atoms with Gasteiger partial charge in [-0.25, -0.2) is 9.18 Å². The van der Waals surface area contributed by atoms with E-state index in [9.17, 15) is 14.0 Å². The lowest BCUT2D eigenvalue weighted by molar-refractivity contribution is -0.118. The van der Waals surface area contributed by atoms with Gasteiger partial charge in [0.15, 0.2) is 0 Å². The molecular formula is C18H27FN4O3. The molecule has 0 saturated carbocycles. The fraction of sp³-hybridized carbons (Fsp3) is 0.556. The smallest absolute Gasteiger partial charge is 0.319 e. The summed E-state index contributed by atoms with van der Waals surface area (Å²) in [6, 6.07) is 3.71. The predicted molar refractivity (Wildman–Crippen MR) is 98.8 cm³/mol. The molecule has 0 spiro atoms. The van der Waals surface area contributed by atoms with Crippen molar-refractivity contribution in [2.45, 2.75) is 20.3 Å². The summed E-state index contributed by atoms with van der Waals surface area (Å²) in [5, 5.41) is 7.93. The van der Waals surface area contributed by atoms with Gasteiger partial charge in [0.25, 0.3) is 0 Å². The molecule has 1 aromatic rings. The topological polar surface area (TPSA) is 82.7 Å². The van der Waals surface area contributed by atoms with E-state index < -0.39 is 5.82 Å². The van der Waals surface area contributed by atoms with Crippen molar-refractivity contribution in [3.63, 3.8) is 0 Å². The number of benzene rings is 1. The minimum absolute atomic E-state index is 0.0498. The average Bonchev–Trinajstić information content (AvgIpc) is 2.62. The number of nitrogens with one attached hydrogen (secondary N) is 3. The van der Waals surface area contributed by atoms with E-state index in [-0.39, 0.29) is 23.5 Å². The van der Waals surface area contributed by atoms with E-state index in [1.807, 2.05) is 0 Å². The molecule has 144 valence electrons. The summed E-state index contributed by atoms with van der Waals surface area (Å²) in [5.41, 5.74) is 0.463. The minimum atomic E-state index is -0.546. The molecular weight excluding hydrogens is 339 g/mol. The number of hydrogen-bond acceptors (Lipinski definition) is 4. The van der Waals surface area contributed by atoms with E-state index in [1.54, 1.807) is 13.8 Å². The number of carbonyl (C=O) groups excluding carboxylic acids is 2. The first-order chi connectivity index (χ1) is 12.5. The highest BCUT2D eigenvalue weighted by Crippen LogP contribution is 2.20. The fourth-order valence-corrected chi connectivity index (χ4v) is 2.48. The molecule has 3 amide bonds. The van der Waals surface area contributed by atoms with E-state index in [2.05, 4.69) is 20.9 Å². The van der Waals surface area contributed by atoms with E-state index in [1.165, 1.54) is 18.2 Å². The number of morpholine rings is 1. The van der Waals surface area contributed by atoms with Gasteiger partial charge in [0.2, 0.25) is 5.91 Å². The molecule has 7 nitrogen and oxygen atoms in total. The summed E-state index contributed by atoms with van der Waals surface area (Å²) in [5.74, 6) is -1.09. The second-order valence-electron chi connectivity index (χ2n) is 6.53. The molecule has 1 fully saturated rings. The largest absolute Gasteiger partial charge is 0.379 e. The molecule has 0 aromatic heterocycles. The van der Waals surface area contributed by atoms with Crippen LogP contribution in [0.1, 0.15) is 20.3 Å². The molecule has 26 heavy (non-hydrogen) atoms. The van der Waals surface area contributed by atoms with Crippen molar-refractivity contribution >= 4 is 23.3 Å². The predicted octanol–water partition coefficient (Wildman–Crippen LogP) is 2.26. The number of halogens is 1. The third-order valence-corrected chi connectivity index (χ3v) is 4.05. The number of ether oxygens (including phenoxy) is 1. The Hall–Kier alpha value is -2.19. The highest BCUT2D eigenvalue weighted by molar-refractivity contribution is 5.94. The molecule has 1 aromatic carbocycles. The molecule has 3 N–H and O–H groups in total. The normalized spacial score (nSPS) is 14.9. The SMILES string of the molecule is CC(C)C(=O)Nc1cc(NC(=O)NCCCN2CCOCC2)ccc1F. The molecule has 0 unspecified atom stereocenters. The summed E-state index contributed by atoms with van der Waals surface area (Å²) in [6.07, 6.45) is 0.840. The van der Waals surface area contributed by atoms with Crippen LogP contribution in [0.4, 0.5) is 20.6 Å². The molecule has 8 heteroatoms. The Morgan fingerprint density at radius 3 is 2.65 bits per heavy atom. The monoisotopic (exact) mass is 366 g/mol. The van der Waals surface area contributed by atoms with Gasteiger partial charge in [-0.2, -0.15) is 0 Å². The van der Waals surface area contributed by atoms with Gasteiger partial charge in [-0.15, -0.1) is 0 Å². The maximum atomic E-state index is 13.8. The standard InChI is InChI=1S/C18H27FN4O3/c1-13(2)17(24)22-16-12-14(4-5-15(16)19)21-18(25)20-6-3-7-23-8-10-26-11-9-23/h4-5,12-13H,3,6-11H2,1-2H3,(H,22,24)(H2,20,21,25). The van der Waals surface area contributed by atoms with E-state index in [0.29, 0.717) is 12.2 Å². The summed E-state index contributed by atoms with van der Waals surface area (Å²) >= 11 is 0. The quantitative estimate of drug-likeness (QED) is 0.647. The van der Waals surface area contributed by atoms with Crippen LogP contribution in [0.2, 0.25) is 0 Å². The molecule has 1 heterocycles. The first-order valence-corrected chi connectivity index (χ1v) is 8.91. The second-order valence-corrected chi connectivity index (χ2v) is 6.53. The van der Waals surface area contributed by atoms with Crippen molar-refractivity contribution < 1.29 is 18.7 Å². The van der Waals surface area contributed by atoms with Crippen molar-refractivity contribution in [2.75, 3.05) is 50.0 Å². The number of anilines is 2. The Kier molecular flexibility index (Phi) is 7.80. The molecule has 1 saturated heterocycles. The summed E-state index contributed by atoms with van der Waals surface area (Å²) < 4.78 is 19.1. The molecule has 2 rings (SSSR count). The Bertz CT molecular complexity index is 618. The van der Waals surface area contributed by atoms with Crippen LogP contribution < -0.4 is 16.0 Å². The van der Waals surface area contributed by atoms with Crippen LogP contribution in [0.25, 0.3) is 0 Å². The van der Waals surface area contributed by atoms with Crippen molar-refractivity contribution in [3.05, 3.63) is 24.0 Å². The van der Waals surface area contributed by atoms with Gasteiger partial charge >= 0.3 is 6.03 Å². The fourth-order valence-electron chi connectivity index (χ4n) is 2.48. The maximum Gasteiger partial charge on any atom is 0.319 e. The number of urea groups is 1. The zero-order valence-electron chi connectivity index (χ0n) is 15.3. The zero-order chi connectivity index (χ0) is 18.9. The van der Waals surface area contributed by atoms with Crippen LogP contribution in [-0.2, 0) is 9.53 Å². The number of nitrogens with zero attached hydrogens (tertiary/aromatic N) is 1. The molecule has 1 aliphatic rings. The lowest BCUT2D eigenvalue weighted by Crippen LogP contribution is -2.38. The second kappa shape index (κ2) is 10.1. The molecule has 0 atom stereocenters. The summed E-state index contributed by atoms with van der Waals surface area (Å²) in [6.45, 7) is 8.26. The van der Waals surface area contributed by atoms with E-state index in [4.69, 9.17) is 4.74 Å². The first kappa shape index (κ1) is 20.1. The van der Waals surface area contributed by atoms with Crippen molar-refractivity contribution in [1.29, 1.82) is 0 Å². The third-order valence-electron chi connectivity index (χ3n) is 4.05. The van der Waals surface area contributed by atoms with Crippen molar-refractivity contribution in [2.24, 2.45) is 5.92 Å². The van der Waals surface area contributed by atoms with Crippen LogP contribution in [0, 0.1) is 11.7 Å². The van der Waals surface area contributed by atoms with Crippen LogP contribution in [0.3, 0.4) is 0 Å². The Balaban J connectivity index is 1.76. The van der Waals surface area contributed by atoms with Gasteiger partial charge in [-0.3, -0.25) is 9.69 Å². The average molecular weight is 366 g/mol. The van der Waals surface area contributed by atoms with Gasteiger partial charge in [-0.05, 0) is 31.2 Å². The lowest BCUT2D eigenvalue weighted by Gasteiger charge is -2.26. The highest BCUT2D eigenvalue weighted by atomic mass is 19.1. The van der Waals surface area contributed by atoms with Gasteiger partial charge in [0.1, 0.15) is 5.82 Å². The van der Waals surface area contributed by atoms with Gasteiger partial charge in [0, 0.05) is 31.2 Å². The zero-order valence-corrected chi connectivity index (χ0v) is 15.3. The molecule has 1 aliphatic heterocycles. The number of rotatable bonds is 7. The minimum Gasteiger partial charge on any atom is -0.379 e. The van der Waals surface area contributed by atoms with E-state index >= 15 is 0 Å². The van der Waals surface area contributed by atoms with Crippen molar-refractivity contribution in [1.82, 2.24) is 10.2 Å². The third kappa shape index (κ3) is 6.61. The summed E-state index contributed by atoms with van der Waals surface area (Å²) in [7, 11) is 0. The van der Waals surface area contributed by atoms with Crippen LogP contribution in [0.15, 0.2) is 18.2 Å². The highest BCUT2D eigenvalue weighted by Gasteiger charge is 2.12. The number of amides is 3. The van der Waals surface area contributed by atoms with Gasteiger partial charge in [-0.1, -0.05) is 13.8 Å². The van der Waals surface area contributed by atoms with Crippen LogP contribution in [0.5, 0.6) is 0 Å². The summed E-state index contributed by atoms with van der Waals surface area (Å²) in [4.78, 5) is 26.0. The van der Waals surface area contributed by atoms with Crippen molar-refractivity contribution in [3.8, 4) is 0 Å². The lowest BCUT2D eigenvalue weighted by atomic mass is 10.2. The molecule has 0 aliphatic carbocycles. The number of carbonyl (C=O) groups is 2. The Morgan fingerprint density at radius 2 is 1.96 bits per heavy atom. The van der Waals surface area contributed by atoms with E-state index in [0.717, 1.165) is 39.3 Å². The molecule has 0 bridgehead atoms. The van der Waals surface area contributed by atoms with Gasteiger partial charge < -0.3 is 20.7 Å². The Morgan fingerprint density at radius 1 is 1.23 bits per heavy atom. The first-order valence-electron chi connectivity index (χ1n) is 8.91. The van der Waals surface area contributed by atoms with Crippen LogP contribution in [-0.4, -0.2) is 56.2 Å². The van der Waals surface area contributed by atoms with Gasteiger partial charge in [0.05, 0.1) is 18.9 Å². The van der Waals surface area contributed by atoms with Crippen LogP contribution >= 0.6 is 0 Å².